The maximum Gasteiger partial charge on any atom is 0.335 e. The van der Waals surface area contributed by atoms with Crippen molar-refractivity contribution in [2.75, 3.05) is 5.32 Å². The molecule has 116 valence electrons. The van der Waals surface area contributed by atoms with Gasteiger partial charge >= 0.3 is 5.97 Å². The standard InChI is InChI=1S/C20H19NO2/c1-12-4-2-6-16-15-5-3-7-17(15)19(21-18(12)16)13-8-10-14(11-9-13)20(22)23/h2-6,8-11,15,17,19,21H,7H2,1H3,(H,22,23)/t15-,17+,19-/m1/s1. The molecule has 23 heavy (non-hydrogen) atoms. The van der Waals surface area contributed by atoms with E-state index in [1.165, 1.54) is 16.8 Å². The molecule has 1 aliphatic heterocycles. The van der Waals surface area contributed by atoms with Gasteiger partial charge in [-0.25, -0.2) is 4.79 Å². The first-order valence-electron chi connectivity index (χ1n) is 8.01. The van der Waals surface area contributed by atoms with E-state index in [2.05, 4.69) is 42.6 Å². The van der Waals surface area contributed by atoms with Gasteiger partial charge in [0.2, 0.25) is 0 Å². The van der Waals surface area contributed by atoms with Crippen LogP contribution in [0.2, 0.25) is 0 Å². The van der Waals surface area contributed by atoms with Crippen LogP contribution in [0.5, 0.6) is 0 Å². The Kier molecular flexibility index (Phi) is 3.22. The number of carboxylic acids is 1. The molecule has 2 aromatic rings. The van der Waals surface area contributed by atoms with Crippen molar-refractivity contribution in [1.82, 2.24) is 0 Å². The second kappa shape index (κ2) is 5.27. The number of aryl methyl sites for hydroxylation is 1. The molecule has 0 amide bonds. The molecule has 0 radical (unpaired) electrons. The van der Waals surface area contributed by atoms with Gasteiger partial charge in [-0.1, -0.05) is 42.5 Å². The van der Waals surface area contributed by atoms with Crippen molar-refractivity contribution in [3.8, 4) is 0 Å². The number of hydrogen-bond acceptors (Lipinski definition) is 2. The molecule has 0 saturated carbocycles. The van der Waals surface area contributed by atoms with Crippen LogP contribution in [0.15, 0.2) is 54.6 Å². The van der Waals surface area contributed by atoms with Crippen LogP contribution in [0.4, 0.5) is 5.69 Å². The minimum atomic E-state index is -0.880. The van der Waals surface area contributed by atoms with Gasteiger partial charge in [0.1, 0.15) is 0 Å². The summed E-state index contributed by atoms with van der Waals surface area (Å²) in [5.74, 6) is 0.0463. The van der Waals surface area contributed by atoms with Crippen molar-refractivity contribution in [2.45, 2.75) is 25.3 Å². The summed E-state index contributed by atoms with van der Waals surface area (Å²) < 4.78 is 0. The first-order valence-corrected chi connectivity index (χ1v) is 8.01. The van der Waals surface area contributed by atoms with E-state index in [0.717, 1.165) is 12.0 Å². The molecule has 0 bridgehead atoms. The zero-order valence-electron chi connectivity index (χ0n) is 13.0. The number of aromatic carboxylic acids is 1. The Balaban J connectivity index is 1.75. The van der Waals surface area contributed by atoms with Crippen molar-refractivity contribution in [1.29, 1.82) is 0 Å². The van der Waals surface area contributed by atoms with E-state index >= 15 is 0 Å². The van der Waals surface area contributed by atoms with Crippen molar-refractivity contribution >= 4 is 11.7 Å². The molecule has 0 saturated heterocycles. The van der Waals surface area contributed by atoms with Crippen LogP contribution in [0.25, 0.3) is 0 Å². The molecule has 3 atom stereocenters. The minimum Gasteiger partial charge on any atom is -0.478 e. The average Bonchev–Trinajstić information content (AvgIpc) is 3.04. The lowest BCUT2D eigenvalue weighted by Crippen LogP contribution is -2.29. The molecule has 3 nitrogen and oxygen atoms in total. The summed E-state index contributed by atoms with van der Waals surface area (Å²) in [6.45, 7) is 2.13. The average molecular weight is 305 g/mol. The number of nitrogens with one attached hydrogen (secondary N) is 1. The minimum absolute atomic E-state index is 0.214. The predicted molar refractivity (Wildman–Crippen MR) is 90.9 cm³/mol. The van der Waals surface area contributed by atoms with Gasteiger partial charge in [0.15, 0.2) is 0 Å². The largest absolute Gasteiger partial charge is 0.478 e. The SMILES string of the molecule is Cc1cccc2c1N[C@H](c1ccc(C(=O)O)cc1)[C@H]1CC=C[C@H]21. The third-order valence-electron chi connectivity index (χ3n) is 5.12. The molecular weight excluding hydrogens is 286 g/mol. The van der Waals surface area contributed by atoms with Crippen molar-refractivity contribution in [2.24, 2.45) is 5.92 Å². The smallest absolute Gasteiger partial charge is 0.335 e. The zero-order valence-corrected chi connectivity index (χ0v) is 13.0. The van der Waals surface area contributed by atoms with E-state index in [0.29, 0.717) is 17.4 Å². The number of carboxylic acid groups (broad SMARTS) is 1. The highest BCUT2D eigenvalue weighted by molar-refractivity contribution is 5.87. The number of hydrogen-bond donors (Lipinski definition) is 2. The van der Waals surface area contributed by atoms with Crippen LogP contribution in [0.3, 0.4) is 0 Å². The summed E-state index contributed by atoms with van der Waals surface area (Å²) >= 11 is 0. The summed E-state index contributed by atoms with van der Waals surface area (Å²) in [5.41, 5.74) is 5.35. The first kappa shape index (κ1) is 14.1. The van der Waals surface area contributed by atoms with Crippen molar-refractivity contribution in [3.63, 3.8) is 0 Å². The highest BCUT2D eigenvalue weighted by atomic mass is 16.4. The zero-order chi connectivity index (χ0) is 16.0. The fourth-order valence-electron chi connectivity index (χ4n) is 3.94. The maximum absolute atomic E-state index is 11.1. The molecule has 4 rings (SSSR count). The quantitative estimate of drug-likeness (QED) is 0.802. The van der Waals surface area contributed by atoms with E-state index in [9.17, 15) is 4.79 Å². The van der Waals surface area contributed by atoms with Crippen LogP contribution in [0, 0.1) is 12.8 Å². The highest BCUT2D eigenvalue weighted by Crippen LogP contribution is 2.50. The Morgan fingerprint density at radius 1 is 1.17 bits per heavy atom. The molecular formula is C20H19NO2. The number of anilines is 1. The number of allylic oxidation sites excluding steroid dienone is 2. The first-order chi connectivity index (χ1) is 11.1. The molecule has 2 aliphatic rings. The van der Waals surface area contributed by atoms with Gasteiger partial charge in [-0.2, -0.15) is 0 Å². The predicted octanol–water partition coefficient (Wildman–Crippen LogP) is 4.52. The lowest BCUT2D eigenvalue weighted by molar-refractivity contribution is 0.0697. The normalized spacial score (nSPS) is 24.7. The van der Waals surface area contributed by atoms with E-state index in [-0.39, 0.29) is 6.04 Å². The van der Waals surface area contributed by atoms with E-state index in [1.807, 2.05) is 12.1 Å². The van der Waals surface area contributed by atoms with Crippen molar-refractivity contribution < 1.29 is 9.90 Å². The molecule has 0 spiro atoms. The topological polar surface area (TPSA) is 49.3 Å². The van der Waals surface area contributed by atoms with E-state index in [1.54, 1.807) is 12.1 Å². The second-order valence-electron chi connectivity index (χ2n) is 6.44. The summed E-state index contributed by atoms with van der Waals surface area (Å²) in [5, 5.41) is 12.8. The second-order valence-corrected chi connectivity index (χ2v) is 6.44. The molecule has 2 aromatic carbocycles. The van der Waals surface area contributed by atoms with Gasteiger partial charge in [-0.05, 0) is 48.1 Å². The molecule has 0 unspecified atom stereocenters. The van der Waals surface area contributed by atoms with Crippen molar-refractivity contribution in [3.05, 3.63) is 76.9 Å². The van der Waals surface area contributed by atoms with E-state index in [4.69, 9.17) is 5.11 Å². The summed E-state index contributed by atoms with van der Waals surface area (Å²) in [7, 11) is 0. The third kappa shape index (κ3) is 2.24. The Morgan fingerprint density at radius 2 is 1.96 bits per heavy atom. The number of carbonyl (C=O) groups is 1. The van der Waals surface area contributed by atoms with Gasteiger partial charge in [0.25, 0.3) is 0 Å². The summed E-state index contributed by atoms with van der Waals surface area (Å²) in [6, 6.07) is 14.0. The number of benzene rings is 2. The van der Waals surface area contributed by atoms with Crippen LogP contribution >= 0.6 is 0 Å². The molecule has 2 N–H and O–H groups in total. The Bertz CT molecular complexity index is 792. The fraction of sp³-hybridized carbons (Fsp3) is 0.250. The Labute approximate surface area is 135 Å². The summed E-state index contributed by atoms with van der Waals surface area (Å²) in [4.78, 5) is 11.1. The summed E-state index contributed by atoms with van der Waals surface area (Å²) in [6.07, 6.45) is 5.64. The van der Waals surface area contributed by atoms with Gasteiger partial charge < -0.3 is 10.4 Å². The lowest BCUT2D eigenvalue weighted by atomic mass is 9.76. The number of rotatable bonds is 2. The van der Waals surface area contributed by atoms with Crippen LogP contribution in [-0.4, -0.2) is 11.1 Å². The molecule has 3 heteroatoms. The highest BCUT2D eigenvalue weighted by Gasteiger charge is 2.38. The molecule has 1 aliphatic carbocycles. The van der Waals surface area contributed by atoms with Gasteiger partial charge in [0.05, 0.1) is 11.6 Å². The van der Waals surface area contributed by atoms with Crippen LogP contribution in [0.1, 0.15) is 45.4 Å². The van der Waals surface area contributed by atoms with Crippen LogP contribution in [-0.2, 0) is 0 Å². The number of para-hydroxylation sites is 1. The lowest BCUT2D eigenvalue weighted by Gasteiger charge is -2.38. The monoisotopic (exact) mass is 305 g/mol. The Hall–Kier alpha value is -2.55. The maximum atomic E-state index is 11.1. The Morgan fingerprint density at radius 3 is 2.70 bits per heavy atom. The van der Waals surface area contributed by atoms with Gasteiger partial charge in [-0.15, -0.1) is 0 Å². The number of fused-ring (bicyclic) bond motifs is 3. The molecule has 0 aromatic heterocycles. The van der Waals surface area contributed by atoms with Gasteiger partial charge in [0, 0.05) is 11.6 Å². The third-order valence-corrected chi connectivity index (χ3v) is 5.12. The van der Waals surface area contributed by atoms with E-state index < -0.39 is 5.97 Å². The van der Waals surface area contributed by atoms with Gasteiger partial charge in [-0.3, -0.25) is 0 Å². The fourth-order valence-corrected chi connectivity index (χ4v) is 3.94. The van der Waals surface area contributed by atoms with Crippen LogP contribution < -0.4 is 5.32 Å². The molecule has 1 heterocycles. The molecule has 0 fully saturated rings.